The molecule has 3 saturated heterocycles. The molecule has 0 saturated carbocycles. The highest BCUT2D eigenvalue weighted by Gasteiger charge is 2.31. The normalized spacial score (nSPS) is 26.4. The van der Waals surface area contributed by atoms with Crippen LogP contribution in [0.1, 0.15) is 38.2 Å². The number of rotatable bonds is 4. The van der Waals surface area contributed by atoms with Crippen molar-refractivity contribution < 1.29 is 4.74 Å². The lowest BCUT2D eigenvalue weighted by molar-refractivity contribution is -0.0371. The fraction of sp³-hybridized carbons (Fsp3) is 0.600. The first-order valence-corrected chi connectivity index (χ1v) is 11.9. The molecule has 164 valence electrons. The van der Waals surface area contributed by atoms with Crippen LogP contribution in [0.4, 0.5) is 5.69 Å². The molecule has 0 unspecified atom stereocenters. The molecule has 0 aliphatic carbocycles. The zero-order chi connectivity index (χ0) is 21.2. The first-order valence-electron chi connectivity index (χ1n) is 11.9. The third-order valence-corrected chi connectivity index (χ3v) is 7.21. The van der Waals surface area contributed by atoms with E-state index in [1.807, 2.05) is 12.1 Å². The number of hydrogen-bond acceptors (Lipinski definition) is 6. The highest BCUT2D eigenvalue weighted by Crippen LogP contribution is 2.30. The van der Waals surface area contributed by atoms with Crippen LogP contribution in [-0.2, 0) is 4.74 Å². The third-order valence-electron chi connectivity index (χ3n) is 7.21. The van der Waals surface area contributed by atoms with Gasteiger partial charge in [-0.3, -0.25) is 4.98 Å². The van der Waals surface area contributed by atoms with E-state index in [0.717, 1.165) is 42.3 Å². The van der Waals surface area contributed by atoms with E-state index in [1.165, 1.54) is 51.9 Å². The van der Waals surface area contributed by atoms with Gasteiger partial charge in [-0.25, -0.2) is 0 Å². The number of ether oxygens (including phenoxy) is 1. The summed E-state index contributed by atoms with van der Waals surface area (Å²) in [6.07, 6.45) is 7.49. The maximum Gasteiger partial charge on any atom is 0.101 e. The van der Waals surface area contributed by atoms with Crippen molar-refractivity contribution in [3.05, 3.63) is 36.0 Å². The molecule has 5 rings (SSSR count). The second-order valence-electron chi connectivity index (χ2n) is 9.39. The minimum Gasteiger partial charge on any atom is -0.370 e. The summed E-state index contributed by atoms with van der Waals surface area (Å²) < 4.78 is 6.36. The molecule has 0 amide bonds. The van der Waals surface area contributed by atoms with Crippen LogP contribution in [-0.4, -0.2) is 78.8 Å². The molecule has 3 fully saturated rings. The van der Waals surface area contributed by atoms with Gasteiger partial charge in [-0.05, 0) is 83.1 Å². The zero-order valence-corrected chi connectivity index (χ0v) is 18.5. The molecule has 0 radical (unpaired) electrons. The van der Waals surface area contributed by atoms with Crippen LogP contribution in [0.15, 0.2) is 30.5 Å². The van der Waals surface area contributed by atoms with E-state index in [0.29, 0.717) is 5.56 Å². The number of hydrogen-bond donors (Lipinski definition) is 0. The summed E-state index contributed by atoms with van der Waals surface area (Å²) in [5.74, 6) is 0. The second kappa shape index (κ2) is 9.12. The molecule has 2 atom stereocenters. The summed E-state index contributed by atoms with van der Waals surface area (Å²) in [4.78, 5) is 12.2. The van der Waals surface area contributed by atoms with E-state index in [1.54, 1.807) is 6.20 Å². The van der Waals surface area contributed by atoms with Gasteiger partial charge in [-0.2, -0.15) is 5.26 Å². The predicted octanol–water partition coefficient (Wildman–Crippen LogP) is 3.26. The Hall–Kier alpha value is -2.20. The summed E-state index contributed by atoms with van der Waals surface area (Å²) in [5, 5.41) is 10.5. The van der Waals surface area contributed by atoms with E-state index in [9.17, 15) is 5.26 Å². The Morgan fingerprint density at radius 3 is 2.68 bits per heavy atom. The number of piperidine rings is 1. The lowest BCUT2D eigenvalue weighted by Gasteiger charge is -2.42. The number of nitriles is 1. The molecule has 4 heterocycles. The van der Waals surface area contributed by atoms with Crippen molar-refractivity contribution in [1.82, 2.24) is 14.8 Å². The Morgan fingerprint density at radius 1 is 1.10 bits per heavy atom. The van der Waals surface area contributed by atoms with E-state index >= 15 is 0 Å². The van der Waals surface area contributed by atoms with Gasteiger partial charge in [-0.15, -0.1) is 0 Å². The Bertz CT molecular complexity index is 943. The molecule has 1 aromatic carbocycles. The molecule has 2 aromatic rings. The summed E-state index contributed by atoms with van der Waals surface area (Å²) in [6, 6.07) is 11.1. The maximum atomic E-state index is 9.46. The number of pyridine rings is 1. The molecule has 3 aliphatic heterocycles. The largest absolute Gasteiger partial charge is 0.370 e. The minimum absolute atomic E-state index is 0.184. The van der Waals surface area contributed by atoms with Gasteiger partial charge in [0, 0.05) is 42.9 Å². The number of anilines is 1. The van der Waals surface area contributed by atoms with Crippen LogP contribution in [0.3, 0.4) is 0 Å². The number of fused-ring (bicyclic) bond motifs is 1. The van der Waals surface area contributed by atoms with Gasteiger partial charge in [0.25, 0.3) is 0 Å². The molecule has 0 N–H and O–H groups in total. The first-order chi connectivity index (χ1) is 15.2. The number of aromatic nitrogens is 1. The highest BCUT2D eigenvalue weighted by molar-refractivity contribution is 5.95. The van der Waals surface area contributed by atoms with E-state index in [2.05, 4.69) is 44.8 Å². The van der Waals surface area contributed by atoms with Crippen molar-refractivity contribution in [2.45, 2.75) is 50.9 Å². The zero-order valence-electron chi connectivity index (χ0n) is 18.5. The number of likely N-dealkylation sites (tertiary alicyclic amines) is 2. The van der Waals surface area contributed by atoms with Crippen molar-refractivity contribution >= 4 is 16.6 Å². The SMILES string of the molecule is C[C@@H]1CN(c2ccc(C#N)c3ncccc23)C[C@@H](CN2CCC(N3CCCC3)CC2)O1. The average Bonchev–Trinajstić information content (AvgIpc) is 3.33. The third kappa shape index (κ3) is 4.41. The van der Waals surface area contributed by atoms with Crippen molar-refractivity contribution in [2.24, 2.45) is 0 Å². The van der Waals surface area contributed by atoms with Crippen molar-refractivity contribution in [3.8, 4) is 6.07 Å². The van der Waals surface area contributed by atoms with Gasteiger partial charge in [0.05, 0.1) is 23.3 Å². The van der Waals surface area contributed by atoms with Crippen molar-refractivity contribution in [3.63, 3.8) is 0 Å². The maximum absolute atomic E-state index is 9.46. The van der Waals surface area contributed by atoms with Crippen LogP contribution < -0.4 is 4.90 Å². The van der Waals surface area contributed by atoms with Crippen LogP contribution in [0.2, 0.25) is 0 Å². The molecule has 31 heavy (non-hydrogen) atoms. The number of morpholine rings is 1. The fourth-order valence-electron chi connectivity index (χ4n) is 5.73. The smallest absolute Gasteiger partial charge is 0.101 e. The molecular weight excluding hydrogens is 386 g/mol. The Labute approximate surface area is 185 Å². The second-order valence-corrected chi connectivity index (χ2v) is 9.39. The molecule has 0 bridgehead atoms. The van der Waals surface area contributed by atoms with Gasteiger partial charge in [0.1, 0.15) is 6.07 Å². The number of nitrogens with zero attached hydrogens (tertiary/aromatic N) is 5. The van der Waals surface area contributed by atoms with Crippen LogP contribution >= 0.6 is 0 Å². The van der Waals surface area contributed by atoms with E-state index in [4.69, 9.17) is 4.74 Å². The van der Waals surface area contributed by atoms with Crippen molar-refractivity contribution in [2.75, 3.05) is 50.7 Å². The topological polar surface area (TPSA) is 55.6 Å². The quantitative estimate of drug-likeness (QED) is 0.758. The molecule has 6 nitrogen and oxygen atoms in total. The lowest BCUT2D eigenvalue weighted by atomic mass is 10.0. The fourth-order valence-corrected chi connectivity index (χ4v) is 5.73. The molecular formula is C25H33N5O. The van der Waals surface area contributed by atoms with Gasteiger partial charge < -0.3 is 19.4 Å². The van der Waals surface area contributed by atoms with Gasteiger partial charge in [-0.1, -0.05) is 0 Å². The van der Waals surface area contributed by atoms with E-state index in [-0.39, 0.29) is 12.2 Å². The van der Waals surface area contributed by atoms with Crippen molar-refractivity contribution in [1.29, 1.82) is 5.26 Å². The van der Waals surface area contributed by atoms with Gasteiger partial charge >= 0.3 is 0 Å². The summed E-state index contributed by atoms with van der Waals surface area (Å²) in [5.41, 5.74) is 2.59. The summed E-state index contributed by atoms with van der Waals surface area (Å²) in [6.45, 7) is 9.88. The summed E-state index contributed by atoms with van der Waals surface area (Å²) in [7, 11) is 0. The Balaban J connectivity index is 1.26. The van der Waals surface area contributed by atoms with Crippen LogP contribution in [0, 0.1) is 11.3 Å². The monoisotopic (exact) mass is 419 g/mol. The van der Waals surface area contributed by atoms with E-state index < -0.39 is 0 Å². The Morgan fingerprint density at radius 2 is 1.90 bits per heavy atom. The Kier molecular flexibility index (Phi) is 6.08. The molecule has 6 heteroatoms. The van der Waals surface area contributed by atoms with Gasteiger partial charge in [0.15, 0.2) is 0 Å². The number of benzene rings is 1. The lowest BCUT2D eigenvalue weighted by Crippen LogP contribution is -2.53. The highest BCUT2D eigenvalue weighted by atomic mass is 16.5. The standard InChI is InChI=1S/C25H33N5O/c1-19-16-30(24-7-6-20(15-26)25-23(24)5-4-10-27-25)18-22(31-19)17-28-13-8-21(9-14-28)29-11-2-3-12-29/h4-7,10,19,21-22H,2-3,8-9,11-14,16-18H2,1H3/t19-,22-/m1/s1. The van der Waals surface area contributed by atoms with Crippen LogP contribution in [0.5, 0.6) is 0 Å². The predicted molar refractivity (Wildman–Crippen MR) is 123 cm³/mol. The minimum atomic E-state index is 0.184. The molecule has 0 spiro atoms. The summed E-state index contributed by atoms with van der Waals surface area (Å²) >= 11 is 0. The first kappa shape index (κ1) is 20.7. The average molecular weight is 420 g/mol. The molecule has 1 aromatic heterocycles. The van der Waals surface area contributed by atoms with Gasteiger partial charge in [0.2, 0.25) is 0 Å². The molecule has 3 aliphatic rings. The van der Waals surface area contributed by atoms with Crippen LogP contribution in [0.25, 0.3) is 10.9 Å².